The summed E-state index contributed by atoms with van der Waals surface area (Å²) < 4.78 is 33.4. The molecule has 1 rings (SSSR count). The maximum absolute atomic E-state index is 12.8. The Morgan fingerprint density at radius 2 is 1.05 bits per heavy atom. The van der Waals surface area contributed by atoms with E-state index in [1.807, 2.05) is 18.2 Å². The van der Waals surface area contributed by atoms with E-state index in [1.165, 1.54) is 38.5 Å². The summed E-state index contributed by atoms with van der Waals surface area (Å²) in [5.74, 6) is -1.26. The van der Waals surface area contributed by atoms with Crippen molar-refractivity contribution >= 4 is 19.8 Å². The van der Waals surface area contributed by atoms with Crippen LogP contribution in [0.3, 0.4) is 0 Å². The van der Waals surface area contributed by atoms with Crippen LogP contribution in [0.4, 0.5) is 0 Å². The molecule has 0 bridgehead atoms. The van der Waals surface area contributed by atoms with E-state index in [-0.39, 0.29) is 12.8 Å². The van der Waals surface area contributed by atoms with Crippen LogP contribution in [-0.2, 0) is 32.7 Å². The van der Waals surface area contributed by atoms with Gasteiger partial charge in [-0.2, -0.15) is 0 Å². The lowest BCUT2D eigenvalue weighted by atomic mass is 9.85. The van der Waals surface area contributed by atoms with Crippen molar-refractivity contribution in [3.8, 4) is 0 Å². The molecule has 0 aliphatic heterocycles. The highest BCUT2D eigenvalue weighted by Gasteiger charge is 2.51. The Morgan fingerprint density at radius 1 is 0.562 bits per heavy atom. The molecule has 366 valence electrons. The lowest BCUT2D eigenvalue weighted by molar-refractivity contribution is -0.220. The molecule has 0 aromatic carbocycles. The van der Waals surface area contributed by atoms with Gasteiger partial charge in [0.05, 0.1) is 12.7 Å². The third-order valence-corrected chi connectivity index (χ3v) is 11.3. The molecule has 4 unspecified atom stereocenters. The zero-order chi connectivity index (χ0) is 47.3. The lowest BCUT2D eigenvalue weighted by Gasteiger charge is -2.41. The fourth-order valence-corrected chi connectivity index (χ4v) is 7.40. The zero-order valence-corrected chi connectivity index (χ0v) is 39.3. The summed E-state index contributed by atoms with van der Waals surface area (Å²) >= 11 is 0. The Morgan fingerprint density at radius 3 is 1.62 bits per heavy atom. The molecule has 1 aliphatic carbocycles. The molecule has 0 spiro atoms. The first-order valence-corrected chi connectivity index (χ1v) is 25.0. The number of carbonyl (C=O) groups is 2. The molecule has 9 atom stereocenters. The van der Waals surface area contributed by atoms with Crippen LogP contribution < -0.4 is 0 Å². The highest BCUT2D eigenvalue weighted by molar-refractivity contribution is 7.47. The Balaban J connectivity index is 2.56. The van der Waals surface area contributed by atoms with Crippen molar-refractivity contribution in [2.45, 2.75) is 198 Å². The molecule has 14 nitrogen and oxygen atoms in total. The first-order chi connectivity index (χ1) is 30.8. The average Bonchev–Trinajstić information content (AvgIpc) is 3.27. The van der Waals surface area contributed by atoms with E-state index < -0.39 is 81.8 Å². The second kappa shape index (κ2) is 38.1. The van der Waals surface area contributed by atoms with Crippen molar-refractivity contribution in [1.29, 1.82) is 0 Å². The van der Waals surface area contributed by atoms with E-state index in [0.717, 1.165) is 57.8 Å². The van der Waals surface area contributed by atoms with Crippen LogP contribution in [0.2, 0.25) is 0 Å². The zero-order valence-electron chi connectivity index (χ0n) is 38.4. The number of aliphatic hydroxyl groups is 6. The van der Waals surface area contributed by atoms with E-state index in [1.54, 1.807) is 18.2 Å². The molecule has 0 amide bonds. The van der Waals surface area contributed by atoms with Gasteiger partial charge in [0.15, 0.2) is 6.10 Å². The van der Waals surface area contributed by atoms with Crippen molar-refractivity contribution in [1.82, 2.24) is 0 Å². The number of rotatable bonds is 37. The molecule has 0 aromatic heterocycles. The summed E-state index contributed by atoms with van der Waals surface area (Å²) in [6, 6.07) is 0. The molecule has 0 heterocycles. The van der Waals surface area contributed by atoms with Crippen molar-refractivity contribution in [3.63, 3.8) is 0 Å². The summed E-state index contributed by atoms with van der Waals surface area (Å²) in [6.45, 7) is 3.08. The Hall–Kier alpha value is -3.01. The van der Waals surface area contributed by atoms with Gasteiger partial charge < -0.3 is 45.0 Å². The van der Waals surface area contributed by atoms with Crippen LogP contribution in [0.25, 0.3) is 0 Å². The first kappa shape index (κ1) is 59.0. The number of allylic oxidation sites excluding steroid dienone is 12. The van der Waals surface area contributed by atoms with Crippen molar-refractivity contribution in [2.75, 3.05) is 13.2 Å². The number of hydrogen-bond donors (Lipinski definition) is 7. The summed E-state index contributed by atoms with van der Waals surface area (Å²) in [6.07, 6.45) is 32.2. The molecule has 1 saturated carbocycles. The second-order valence-electron chi connectivity index (χ2n) is 16.1. The van der Waals surface area contributed by atoms with Gasteiger partial charge in [-0.25, -0.2) is 4.57 Å². The molecular formula is C49H81O14P. The molecule has 7 N–H and O–H groups in total. The minimum absolute atomic E-state index is 0.0222. The van der Waals surface area contributed by atoms with Crippen LogP contribution in [0.5, 0.6) is 0 Å². The van der Waals surface area contributed by atoms with Gasteiger partial charge >= 0.3 is 19.8 Å². The normalized spacial score (nSPS) is 22.8. The highest BCUT2D eigenvalue weighted by atomic mass is 31.2. The molecule has 64 heavy (non-hydrogen) atoms. The number of hydrogen-bond acceptors (Lipinski definition) is 13. The number of phosphoric acid groups is 1. The van der Waals surface area contributed by atoms with Gasteiger partial charge in [-0.15, -0.1) is 0 Å². The van der Waals surface area contributed by atoms with Gasteiger partial charge in [0.1, 0.15) is 43.2 Å². The maximum atomic E-state index is 12.8. The monoisotopic (exact) mass is 925 g/mol. The number of aliphatic hydroxyl groups excluding tert-OH is 6. The summed E-state index contributed by atoms with van der Waals surface area (Å²) in [4.78, 5) is 35.7. The largest absolute Gasteiger partial charge is 0.472 e. The molecule has 0 radical (unpaired) electrons. The SMILES string of the molecule is CCCCC/C=C\C/C=C\C/C=C\CCCCCCC(=O)O[C@H](COC(=O)CCC/C=C/C=C\C(O)C/C=C\C/C=C\CCCCC)COP(=O)(O)OC1[C@H](O)[C@H](O)C(O)[C@H](O)[C@H]1O. The van der Waals surface area contributed by atoms with Crippen LogP contribution in [-0.4, -0.2) is 110 Å². The Bertz CT molecular complexity index is 1460. The predicted octanol–water partition coefficient (Wildman–Crippen LogP) is 8.25. The third kappa shape index (κ3) is 30.2. The number of unbranched alkanes of at least 4 members (excludes halogenated alkanes) is 11. The van der Waals surface area contributed by atoms with Crippen LogP contribution >= 0.6 is 7.82 Å². The second-order valence-corrected chi connectivity index (χ2v) is 17.5. The lowest BCUT2D eigenvalue weighted by Crippen LogP contribution is -2.64. The van der Waals surface area contributed by atoms with Crippen LogP contribution in [0.15, 0.2) is 85.1 Å². The molecule has 1 aliphatic rings. The van der Waals surface area contributed by atoms with Gasteiger partial charge in [-0.1, -0.05) is 137 Å². The maximum Gasteiger partial charge on any atom is 0.472 e. The summed E-state index contributed by atoms with van der Waals surface area (Å²) in [5.41, 5.74) is 0. The van der Waals surface area contributed by atoms with Crippen molar-refractivity contribution in [2.24, 2.45) is 0 Å². The number of ether oxygens (including phenoxy) is 2. The smallest absolute Gasteiger partial charge is 0.462 e. The average molecular weight is 925 g/mol. The third-order valence-electron chi connectivity index (χ3n) is 10.3. The van der Waals surface area contributed by atoms with E-state index in [0.29, 0.717) is 25.7 Å². The van der Waals surface area contributed by atoms with Gasteiger partial charge in [0, 0.05) is 12.8 Å². The van der Waals surface area contributed by atoms with E-state index in [4.69, 9.17) is 18.5 Å². The quantitative estimate of drug-likeness (QED) is 0.0102. The standard InChI is InChI=1S/C49H81O14P/c1-3-5-7-9-11-13-14-15-16-17-18-19-20-22-24-28-33-37-43(52)62-41(39-61-64(58,59)63-49-47(56)45(54)44(53)46(55)48(49)57)38-60-42(51)36-32-29-25-27-31-35-40(50)34-30-26-23-21-12-10-8-6-4-2/h11-13,15-16,18-19,21,25-27,30-31,35,40-41,44-50,53-57H,3-10,14,17,20,22-24,28-29,32-34,36-39H2,1-2H3,(H,58,59)/b13-11-,16-15-,19-18-,21-12-,27-25+,30-26-,35-31-/t40?,41-,44?,45-,46+,47-,48-,49?/m1/s1. The van der Waals surface area contributed by atoms with Gasteiger partial charge in [-0.3, -0.25) is 18.6 Å². The van der Waals surface area contributed by atoms with Gasteiger partial charge in [-0.05, 0) is 83.5 Å². The summed E-state index contributed by atoms with van der Waals surface area (Å²) in [7, 11) is -5.16. The van der Waals surface area contributed by atoms with E-state index in [9.17, 15) is 49.7 Å². The number of esters is 2. The van der Waals surface area contributed by atoms with Crippen molar-refractivity contribution < 1.29 is 68.2 Å². The molecule has 15 heteroatoms. The minimum Gasteiger partial charge on any atom is -0.462 e. The fraction of sp³-hybridized carbons (Fsp3) is 0.673. The number of phosphoric ester groups is 1. The van der Waals surface area contributed by atoms with Crippen LogP contribution in [0, 0.1) is 0 Å². The molecule has 0 aromatic rings. The minimum atomic E-state index is -5.16. The fourth-order valence-electron chi connectivity index (χ4n) is 6.42. The first-order valence-electron chi connectivity index (χ1n) is 23.5. The van der Waals surface area contributed by atoms with E-state index >= 15 is 0 Å². The molecule has 1 fully saturated rings. The predicted molar refractivity (Wildman–Crippen MR) is 250 cm³/mol. The topological polar surface area (TPSA) is 230 Å². The van der Waals surface area contributed by atoms with Gasteiger partial charge in [0.2, 0.25) is 0 Å². The molecular weight excluding hydrogens is 843 g/mol. The Kier molecular flexibility index (Phi) is 35.2. The summed E-state index contributed by atoms with van der Waals surface area (Å²) in [5, 5.41) is 60.3. The highest BCUT2D eigenvalue weighted by Crippen LogP contribution is 2.47. The van der Waals surface area contributed by atoms with Crippen molar-refractivity contribution in [3.05, 3.63) is 85.1 Å². The Labute approximate surface area is 382 Å². The van der Waals surface area contributed by atoms with E-state index in [2.05, 4.69) is 62.5 Å². The van der Waals surface area contributed by atoms with Crippen LogP contribution in [0.1, 0.15) is 149 Å². The van der Waals surface area contributed by atoms with Gasteiger partial charge in [0.25, 0.3) is 0 Å². The molecule has 0 saturated heterocycles. The number of carbonyl (C=O) groups excluding carboxylic acids is 2.